The maximum atomic E-state index is 5.84. The molecule has 2 N–H and O–H groups in total. The predicted molar refractivity (Wildman–Crippen MR) is 73.9 cm³/mol. The van der Waals surface area contributed by atoms with Gasteiger partial charge in [0.15, 0.2) is 4.67 Å². The molecule has 0 saturated heterocycles. The number of furan rings is 1. The number of rotatable bonds is 5. The Morgan fingerprint density at radius 3 is 2.83 bits per heavy atom. The Kier molecular flexibility index (Phi) is 4.52. The van der Waals surface area contributed by atoms with E-state index in [1.54, 1.807) is 6.20 Å². The highest BCUT2D eigenvalue weighted by molar-refractivity contribution is 9.10. The first-order valence-electron chi connectivity index (χ1n) is 5.75. The maximum absolute atomic E-state index is 5.84. The SMILES string of the molecule is CN(Cc1cccnc1)C(CN)c1ccc(Br)o1. The minimum atomic E-state index is 0.0662. The molecular formula is C13H16BrN3O. The van der Waals surface area contributed by atoms with Crippen molar-refractivity contribution in [3.05, 3.63) is 52.7 Å². The molecule has 0 fully saturated rings. The number of nitrogens with two attached hydrogens (primary N) is 1. The Bertz CT molecular complexity index is 486. The second-order valence-corrected chi connectivity index (χ2v) is 4.95. The first-order valence-corrected chi connectivity index (χ1v) is 6.54. The maximum Gasteiger partial charge on any atom is 0.169 e. The van der Waals surface area contributed by atoms with Crippen LogP contribution in [0.3, 0.4) is 0 Å². The van der Waals surface area contributed by atoms with Crippen LogP contribution < -0.4 is 5.73 Å². The van der Waals surface area contributed by atoms with Gasteiger partial charge in [0, 0.05) is 25.5 Å². The van der Waals surface area contributed by atoms with Gasteiger partial charge in [-0.05, 0) is 46.7 Å². The van der Waals surface area contributed by atoms with Crippen LogP contribution in [0.4, 0.5) is 0 Å². The smallest absolute Gasteiger partial charge is 0.169 e. The third-order valence-electron chi connectivity index (χ3n) is 2.83. The van der Waals surface area contributed by atoms with E-state index >= 15 is 0 Å². The summed E-state index contributed by atoms with van der Waals surface area (Å²) in [5.74, 6) is 0.871. The van der Waals surface area contributed by atoms with Gasteiger partial charge in [-0.25, -0.2) is 0 Å². The Labute approximate surface area is 115 Å². The highest BCUT2D eigenvalue weighted by Gasteiger charge is 2.19. The van der Waals surface area contributed by atoms with Crippen molar-refractivity contribution in [2.45, 2.75) is 12.6 Å². The molecule has 0 saturated carbocycles. The van der Waals surface area contributed by atoms with E-state index in [2.05, 4.69) is 31.9 Å². The molecule has 0 aliphatic rings. The van der Waals surface area contributed by atoms with Crippen LogP contribution in [0.2, 0.25) is 0 Å². The summed E-state index contributed by atoms with van der Waals surface area (Å²) in [6, 6.07) is 7.88. The number of halogens is 1. The molecule has 18 heavy (non-hydrogen) atoms. The largest absolute Gasteiger partial charge is 0.453 e. The summed E-state index contributed by atoms with van der Waals surface area (Å²) in [6.07, 6.45) is 3.63. The van der Waals surface area contributed by atoms with Crippen molar-refractivity contribution in [2.24, 2.45) is 5.73 Å². The number of hydrogen-bond acceptors (Lipinski definition) is 4. The molecule has 0 spiro atoms. The molecule has 5 heteroatoms. The molecule has 0 aliphatic carbocycles. The quantitative estimate of drug-likeness (QED) is 0.922. The Morgan fingerprint density at radius 2 is 2.28 bits per heavy atom. The molecule has 2 aromatic heterocycles. The molecule has 0 aromatic carbocycles. The fraction of sp³-hybridized carbons (Fsp3) is 0.308. The third kappa shape index (κ3) is 3.19. The van der Waals surface area contributed by atoms with E-state index in [0.29, 0.717) is 6.54 Å². The molecule has 96 valence electrons. The molecule has 0 radical (unpaired) electrons. The van der Waals surface area contributed by atoms with Gasteiger partial charge in [-0.3, -0.25) is 9.88 Å². The summed E-state index contributed by atoms with van der Waals surface area (Å²) >= 11 is 3.31. The van der Waals surface area contributed by atoms with Crippen LogP contribution >= 0.6 is 15.9 Å². The minimum Gasteiger partial charge on any atom is -0.453 e. The first-order chi connectivity index (χ1) is 8.70. The van der Waals surface area contributed by atoms with E-state index < -0.39 is 0 Å². The number of aromatic nitrogens is 1. The number of pyridine rings is 1. The Balaban J connectivity index is 2.08. The van der Waals surface area contributed by atoms with E-state index in [-0.39, 0.29) is 6.04 Å². The Hall–Kier alpha value is -1.17. The van der Waals surface area contributed by atoms with E-state index in [4.69, 9.17) is 10.2 Å². The molecule has 0 amide bonds. The van der Waals surface area contributed by atoms with Crippen LogP contribution in [0.5, 0.6) is 0 Å². The standard InChI is InChI=1S/C13H16BrN3O/c1-17(9-10-3-2-6-16-8-10)11(7-15)12-4-5-13(14)18-12/h2-6,8,11H,7,9,15H2,1H3. The summed E-state index contributed by atoms with van der Waals surface area (Å²) in [5, 5.41) is 0. The lowest BCUT2D eigenvalue weighted by atomic mass is 10.1. The first kappa shape index (κ1) is 13.3. The van der Waals surface area contributed by atoms with Gasteiger partial charge in [0.1, 0.15) is 5.76 Å². The lowest BCUT2D eigenvalue weighted by Crippen LogP contribution is -2.29. The van der Waals surface area contributed by atoms with Crippen molar-refractivity contribution >= 4 is 15.9 Å². The molecule has 4 nitrogen and oxygen atoms in total. The highest BCUT2D eigenvalue weighted by atomic mass is 79.9. The van der Waals surface area contributed by atoms with E-state index in [9.17, 15) is 0 Å². The van der Waals surface area contributed by atoms with Gasteiger partial charge in [-0.2, -0.15) is 0 Å². The number of nitrogens with zero attached hydrogens (tertiary/aromatic N) is 2. The van der Waals surface area contributed by atoms with Crippen molar-refractivity contribution < 1.29 is 4.42 Å². The fourth-order valence-electron chi connectivity index (χ4n) is 1.91. The van der Waals surface area contributed by atoms with Gasteiger partial charge >= 0.3 is 0 Å². The molecule has 2 aromatic rings. The number of likely N-dealkylation sites (N-methyl/N-ethyl adjacent to an activating group) is 1. The minimum absolute atomic E-state index is 0.0662. The fourth-order valence-corrected chi connectivity index (χ4v) is 2.23. The number of hydrogen-bond donors (Lipinski definition) is 1. The van der Waals surface area contributed by atoms with Crippen LogP contribution in [-0.4, -0.2) is 23.5 Å². The van der Waals surface area contributed by atoms with E-state index in [1.165, 1.54) is 0 Å². The van der Waals surface area contributed by atoms with Gasteiger partial charge in [-0.1, -0.05) is 6.07 Å². The van der Waals surface area contributed by atoms with Gasteiger partial charge < -0.3 is 10.2 Å². The van der Waals surface area contributed by atoms with Gasteiger partial charge in [0.05, 0.1) is 6.04 Å². The molecule has 0 aliphatic heterocycles. The molecule has 2 heterocycles. The monoisotopic (exact) mass is 309 g/mol. The summed E-state index contributed by atoms with van der Waals surface area (Å²) < 4.78 is 6.30. The summed E-state index contributed by atoms with van der Waals surface area (Å²) in [6.45, 7) is 1.30. The highest BCUT2D eigenvalue weighted by Crippen LogP contribution is 2.24. The topological polar surface area (TPSA) is 55.3 Å². The van der Waals surface area contributed by atoms with Gasteiger partial charge in [-0.15, -0.1) is 0 Å². The molecular weight excluding hydrogens is 294 g/mol. The molecule has 2 rings (SSSR count). The normalized spacial score (nSPS) is 12.9. The third-order valence-corrected chi connectivity index (χ3v) is 3.26. The lowest BCUT2D eigenvalue weighted by molar-refractivity contribution is 0.211. The van der Waals surface area contributed by atoms with Crippen LogP contribution in [0.15, 0.2) is 45.7 Å². The van der Waals surface area contributed by atoms with Crippen LogP contribution in [0, 0.1) is 0 Å². The Morgan fingerprint density at radius 1 is 1.44 bits per heavy atom. The molecule has 1 atom stereocenters. The lowest BCUT2D eigenvalue weighted by Gasteiger charge is -2.25. The van der Waals surface area contributed by atoms with Gasteiger partial charge in [0.25, 0.3) is 0 Å². The predicted octanol–water partition coefficient (Wildman–Crippen LogP) is 2.57. The summed E-state index contributed by atoms with van der Waals surface area (Å²) in [5.41, 5.74) is 6.99. The van der Waals surface area contributed by atoms with Crippen LogP contribution in [0.25, 0.3) is 0 Å². The van der Waals surface area contributed by atoms with Crippen molar-refractivity contribution in [2.75, 3.05) is 13.6 Å². The van der Waals surface area contributed by atoms with Crippen molar-refractivity contribution in [1.29, 1.82) is 0 Å². The second kappa shape index (κ2) is 6.13. The summed E-state index contributed by atoms with van der Waals surface area (Å²) in [4.78, 5) is 6.27. The zero-order chi connectivity index (χ0) is 13.0. The van der Waals surface area contributed by atoms with Crippen molar-refractivity contribution in [1.82, 2.24) is 9.88 Å². The average Bonchev–Trinajstić information content (AvgIpc) is 2.78. The van der Waals surface area contributed by atoms with Crippen LogP contribution in [-0.2, 0) is 6.54 Å². The second-order valence-electron chi connectivity index (χ2n) is 4.17. The van der Waals surface area contributed by atoms with Crippen molar-refractivity contribution in [3.63, 3.8) is 0 Å². The van der Waals surface area contributed by atoms with E-state index in [0.717, 1.165) is 22.5 Å². The van der Waals surface area contributed by atoms with Gasteiger partial charge in [0.2, 0.25) is 0 Å². The summed E-state index contributed by atoms with van der Waals surface area (Å²) in [7, 11) is 2.03. The average molecular weight is 310 g/mol. The van der Waals surface area contributed by atoms with E-state index in [1.807, 2.05) is 31.4 Å². The molecule has 0 bridgehead atoms. The van der Waals surface area contributed by atoms with Crippen molar-refractivity contribution in [3.8, 4) is 0 Å². The zero-order valence-corrected chi connectivity index (χ0v) is 11.8. The molecule has 1 unspecified atom stereocenters. The van der Waals surface area contributed by atoms with Crippen LogP contribution in [0.1, 0.15) is 17.4 Å². The zero-order valence-electron chi connectivity index (χ0n) is 10.2.